The minimum absolute atomic E-state index is 0.0302. The highest BCUT2D eigenvalue weighted by Gasteiger charge is 2.38. The summed E-state index contributed by atoms with van der Waals surface area (Å²) < 4.78 is 36.6. The standard InChI is InChI=1S/C18H16F3N3O3/c1-11(23-24-16(26)15(25)13-5-3-2-4-6-13)12-7-9-14(10-8-12)22-17(27)18(19,20)21/h2-10,15,25H,1H3,(H,22,27)(H,24,26)/b23-11-/t15-/m1/s1. The molecule has 0 aliphatic heterocycles. The number of amides is 2. The topological polar surface area (TPSA) is 90.8 Å². The Labute approximate surface area is 152 Å². The summed E-state index contributed by atoms with van der Waals surface area (Å²) in [5.74, 6) is -2.79. The highest BCUT2D eigenvalue weighted by atomic mass is 19.4. The Balaban J connectivity index is 1.99. The van der Waals surface area contributed by atoms with Crippen molar-refractivity contribution in [2.75, 3.05) is 5.32 Å². The van der Waals surface area contributed by atoms with Crippen LogP contribution in [0.4, 0.5) is 18.9 Å². The van der Waals surface area contributed by atoms with Crippen LogP contribution in [-0.2, 0) is 9.59 Å². The molecule has 2 rings (SSSR count). The number of halogens is 3. The zero-order valence-corrected chi connectivity index (χ0v) is 14.1. The molecule has 0 heterocycles. The number of benzene rings is 2. The number of aliphatic hydroxyl groups excluding tert-OH is 1. The number of rotatable bonds is 5. The van der Waals surface area contributed by atoms with Crippen LogP contribution in [0.5, 0.6) is 0 Å². The zero-order chi connectivity index (χ0) is 20.0. The van der Waals surface area contributed by atoms with Crippen molar-refractivity contribution in [3.63, 3.8) is 0 Å². The van der Waals surface area contributed by atoms with Crippen molar-refractivity contribution in [2.24, 2.45) is 5.10 Å². The van der Waals surface area contributed by atoms with Crippen LogP contribution in [0.2, 0.25) is 0 Å². The van der Waals surface area contributed by atoms with Gasteiger partial charge in [-0.2, -0.15) is 18.3 Å². The first-order chi connectivity index (χ1) is 12.7. The average molecular weight is 379 g/mol. The maximum Gasteiger partial charge on any atom is 0.471 e. The van der Waals surface area contributed by atoms with Gasteiger partial charge in [0, 0.05) is 5.69 Å². The number of carbonyl (C=O) groups is 2. The van der Waals surface area contributed by atoms with Gasteiger partial charge >= 0.3 is 12.1 Å². The number of hydrogen-bond donors (Lipinski definition) is 3. The van der Waals surface area contributed by atoms with Gasteiger partial charge in [-0.15, -0.1) is 0 Å². The van der Waals surface area contributed by atoms with E-state index in [4.69, 9.17) is 0 Å². The van der Waals surface area contributed by atoms with Gasteiger partial charge in [0.15, 0.2) is 6.10 Å². The summed E-state index contributed by atoms with van der Waals surface area (Å²) in [7, 11) is 0. The quantitative estimate of drug-likeness (QED) is 0.551. The van der Waals surface area contributed by atoms with Gasteiger partial charge in [0.2, 0.25) is 0 Å². The number of alkyl halides is 3. The summed E-state index contributed by atoms with van der Waals surface area (Å²) in [5.41, 5.74) is 3.47. The summed E-state index contributed by atoms with van der Waals surface area (Å²) in [4.78, 5) is 22.8. The van der Waals surface area contributed by atoms with Crippen molar-refractivity contribution >= 4 is 23.2 Å². The SMILES string of the molecule is C/C(=N/NC(=O)[C@H](O)c1ccccc1)c1ccc(NC(=O)C(F)(F)F)cc1. The van der Waals surface area contributed by atoms with Crippen LogP contribution in [-0.4, -0.2) is 28.8 Å². The van der Waals surface area contributed by atoms with Crippen molar-refractivity contribution in [3.8, 4) is 0 Å². The second kappa shape index (κ2) is 8.45. The van der Waals surface area contributed by atoms with Gasteiger partial charge < -0.3 is 10.4 Å². The molecule has 0 spiro atoms. The molecule has 0 bridgehead atoms. The molecule has 0 aliphatic carbocycles. The number of hydrazone groups is 1. The Morgan fingerprint density at radius 1 is 1.04 bits per heavy atom. The van der Waals surface area contributed by atoms with E-state index in [1.165, 1.54) is 24.3 Å². The van der Waals surface area contributed by atoms with E-state index in [1.807, 2.05) is 0 Å². The monoisotopic (exact) mass is 379 g/mol. The van der Waals surface area contributed by atoms with Crippen LogP contribution in [0, 0.1) is 0 Å². The molecule has 27 heavy (non-hydrogen) atoms. The van der Waals surface area contributed by atoms with Gasteiger partial charge in [0.1, 0.15) is 0 Å². The molecule has 0 unspecified atom stereocenters. The molecule has 0 fully saturated rings. The molecule has 0 saturated carbocycles. The van der Waals surface area contributed by atoms with Crippen molar-refractivity contribution in [3.05, 3.63) is 65.7 Å². The highest BCUT2D eigenvalue weighted by molar-refractivity contribution is 6.00. The van der Waals surface area contributed by atoms with Gasteiger partial charge in [-0.05, 0) is 30.2 Å². The second-order valence-electron chi connectivity index (χ2n) is 5.52. The van der Waals surface area contributed by atoms with E-state index >= 15 is 0 Å². The molecule has 2 amide bonds. The van der Waals surface area contributed by atoms with E-state index < -0.39 is 24.1 Å². The molecule has 142 valence electrons. The summed E-state index contributed by atoms with van der Waals surface area (Å²) in [5, 5.41) is 15.5. The minimum Gasteiger partial charge on any atom is -0.378 e. The van der Waals surface area contributed by atoms with Crippen LogP contribution in [0.3, 0.4) is 0 Å². The number of aliphatic hydroxyl groups is 1. The third-order valence-electron chi connectivity index (χ3n) is 3.52. The Morgan fingerprint density at radius 3 is 2.19 bits per heavy atom. The number of nitrogens with zero attached hydrogens (tertiary/aromatic N) is 1. The zero-order valence-electron chi connectivity index (χ0n) is 14.1. The number of anilines is 1. The van der Waals surface area contributed by atoms with Gasteiger partial charge in [0.05, 0.1) is 5.71 Å². The molecular weight excluding hydrogens is 363 g/mol. The molecule has 3 N–H and O–H groups in total. The summed E-state index contributed by atoms with van der Waals surface area (Å²) in [6, 6.07) is 13.7. The molecule has 0 radical (unpaired) electrons. The third-order valence-corrected chi connectivity index (χ3v) is 3.52. The largest absolute Gasteiger partial charge is 0.471 e. The lowest BCUT2D eigenvalue weighted by atomic mass is 10.1. The molecule has 2 aromatic rings. The fraction of sp³-hybridized carbons (Fsp3) is 0.167. The Kier molecular flexibility index (Phi) is 6.30. The third kappa shape index (κ3) is 5.65. The maximum absolute atomic E-state index is 12.2. The summed E-state index contributed by atoms with van der Waals surface area (Å²) in [6.45, 7) is 1.57. The summed E-state index contributed by atoms with van der Waals surface area (Å²) >= 11 is 0. The fourth-order valence-electron chi connectivity index (χ4n) is 2.05. The molecule has 0 aliphatic rings. The van der Waals surface area contributed by atoms with E-state index in [0.717, 1.165) is 0 Å². The van der Waals surface area contributed by atoms with Crippen LogP contribution < -0.4 is 10.7 Å². The van der Waals surface area contributed by atoms with E-state index in [2.05, 4.69) is 10.5 Å². The van der Waals surface area contributed by atoms with Crippen molar-refractivity contribution in [1.82, 2.24) is 5.43 Å². The van der Waals surface area contributed by atoms with Gasteiger partial charge in [-0.1, -0.05) is 42.5 Å². The second-order valence-corrected chi connectivity index (χ2v) is 5.52. The Bertz CT molecular complexity index is 834. The van der Waals surface area contributed by atoms with Gasteiger partial charge in [-0.25, -0.2) is 5.43 Å². The molecule has 0 saturated heterocycles. The van der Waals surface area contributed by atoms with Crippen LogP contribution >= 0.6 is 0 Å². The fourth-order valence-corrected chi connectivity index (χ4v) is 2.05. The predicted octanol–water partition coefficient (Wildman–Crippen LogP) is 2.76. The maximum atomic E-state index is 12.2. The number of carbonyl (C=O) groups excluding carboxylic acids is 2. The first-order valence-electron chi connectivity index (χ1n) is 7.74. The van der Waals surface area contributed by atoms with Crippen LogP contribution in [0.15, 0.2) is 59.7 Å². The average Bonchev–Trinajstić information content (AvgIpc) is 2.65. The molecule has 0 aromatic heterocycles. The van der Waals surface area contributed by atoms with Crippen LogP contribution in [0.1, 0.15) is 24.2 Å². The van der Waals surface area contributed by atoms with E-state index in [-0.39, 0.29) is 5.69 Å². The molecule has 9 heteroatoms. The normalized spacial score (nSPS) is 13.0. The van der Waals surface area contributed by atoms with E-state index in [1.54, 1.807) is 42.6 Å². The van der Waals surface area contributed by atoms with Crippen molar-refractivity contribution in [1.29, 1.82) is 0 Å². The lowest BCUT2D eigenvalue weighted by molar-refractivity contribution is -0.167. The molecule has 6 nitrogen and oxygen atoms in total. The van der Waals surface area contributed by atoms with E-state index in [9.17, 15) is 27.9 Å². The predicted molar refractivity (Wildman–Crippen MR) is 92.9 cm³/mol. The van der Waals surface area contributed by atoms with Crippen molar-refractivity contribution < 1.29 is 27.9 Å². The summed E-state index contributed by atoms with van der Waals surface area (Å²) in [6.07, 6.45) is -6.36. The van der Waals surface area contributed by atoms with Gasteiger partial charge in [0.25, 0.3) is 5.91 Å². The molecule has 1 atom stereocenters. The van der Waals surface area contributed by atoms with Gasteiger partial charge in [-0.3, -0.25) is 9.59 Å². The lowest BCUT2D eigenvalue weighted by Gasteiger charge is -2.10. The van der Waals surface area contributed by atoms with Crippen LogP contribution in [0.25, 0.3) is 0 Å². The Hall–Kier alpha value is -3.20. The Morgan fingerprint density at radius 2 is 1.63 bits per heavy atom. The number of hydrogen-bond acceptors (Lipinski definition) is 4. The highest BCUT2D eigenvalue weighted by Crippen LogP contribution is 2.18. The first-order valence-corrected chi connectivity index (χ1v) is 7.74. The molecular formula is C18H16F3N3O3. The number of nitrogens with one attached hydrogen (secondary N) is 2. The minimum atomic E-state index is -4.97. The van der Waals surface area contributed by atoms with Crippen molar-refractivity contribution in [2.45, 2.75) is 19.2 Å². The molecule has 2 aromatic carbocycles. The smallest absolute Gasteiger partial charge is 0.378 e. The lowest BCUT2D eigenvalue weighted by Crippen LogP contribution is -2.29. The van der Waals surface area contributed by atoms with E-state index in [0.29, 0.717) is 16.8 Å². The first kappa shape index (κ1) is 20.1.